The summed E-state index contributed by atoms with van der Waals surface area (Å²) in [6, 6.07) is -0.713. The summed E-state index contributed by atoms with van der Waals surface area (Å²) in [5.41, 5.74) is 10.5. The van der Waals surface area contributed by atoms with Gasteiger partial charge in [-0.3, -0.25) is 9.35 Å². The zero-order chi connectivity index (χ0) is 16.5. The number of rotatable bonds is 7. The van der Waals surface area contributed by atoms with E-state index in [-0.39, 0.29) is 17.6 Å². The normalized spacial score (nSPS) is 14.7. The maximum absolute atomic E-state index is 10.5. The largest absolute Gasteiger partial charge is 0.480 e. The second kappa shape index (κ2) is 10.1. The topological polar surface area (TPSA) is 144 Å². The SMILES string of the molecule is CC(C)C(N)C(=O)O.CC(C)CC(CN)CS(=O)(=O)O. The van der Waals surface area contributed by atoms with Crippen LogP contribution in [0.2, 0.25) is 0 Å². The highest BCUT2D eigenvalue weighted by Crippen LogP contribution is 2.11. The summed E-state index contributed by atoms with van der Waals surface area (Å²) in [7, 11) is -3.86. The van der Waals surface area contributed by atoms with Crippen molar-refractivity contribution in [3.8, 4) is 0 Å². The van der Waals surface area contributed by atoms with Crippen LogP contribution in [0.3, 0.4) is 0 Å². The van der Waals surface area contributed by atoms with E-state index in [4.69, 9.17) is 21.1 Å². The second-order valence-electron chi connectivity index (χ2n) is 5.59. The Labute approximate surface area is 121 Å². The number of hydrogen-bond acceptors (Lipinski definition) is 5. The molecular weight excluding hydrogens is 284 g/mol. The summed E-state index contributed by atoms with van der Waals surface area (Å²) in [6.07, 6.45) is 0.732. The van der Waals surface area contributed by atoms with Gasteiger partial charge in [0, 0.05) is 0 Å². The zero-order valence-electron chi connectivity index (χ0n) is 12.6. The number of nitrogens with two attached hydrogens (primary N) is 2. The van der Waals surface area contributed by atoms with Gasteiger partial charge in [-0.05, 0) is 30.7 Å². The van der Waals surface area contributed by atoms with E-state index in [1.54, 1.807) is 13.8 Å². The Kier molecular flexibility index (Phi) is 10.9. The van der Waals surface area contributed by atoms with Crippen molar-refractivity contribution in [1.29, 1.82) is 0 Å². The fourth-order valence-electron chi connectivity index (χ4n) is 1.48. The Morgan fingerprint density at radius 2 is 1.65 bits per heavy atom. The van der Waals surface area contributed by atoms with E-state index in [0.717, 1.165) is 6.42 Å². The Balaban J connectivity index is 0. The summed E-state index contributed by atoms with van der Waals surface area (Å²) in [4.78, 5) is 10.0. The first kappa shape index (κ1) is 21.6. The van der Waals surface area contributed by atoms with Crippen LogP contribution in [-0.2, 0) is 14.9 Å². The lowest BCUT2D eigenvalue weighted by Gasteiger charge is -2.14. The van der Waals surface area contributed by atoms with Crippen molar-refractivity contribution in [3.63, 3.8) is 0 Å². The second-order valence-corrected chi connectivity index (χ2v) is 7.09. The van der Waals surface area contributed by atoms with Crippen molar-refractivity contribution in [3.05, 3.63) is 0 Å². The van der Waals surface area contributed by atoms with Crippen LogP contribution >= 0.6 is 0 Å². The summed E-state index contributed by atoms with van der Waals surface area (Å²) in [6.45, 7) is 7.84. The van der Waals surface area contributed by atoms with Gasteiger partial charge < -0.3 is 16.6 Å². The van der Waals surface area contributed by atoms with Crippen LogP contribution in [0.15, 0.2) is 0 Å². The first-order valence-corrected chi connectivity index (χ1v) is 8.15. The number of carbonyl (C=O) groups is 1. The van der Waals surface area contributed by atoms with Crippen LogP contribution in [0.1, 0.15) is 34.1 Å². The first-order chi connectivity index (χ1) is 8.90. The fourth-order valence-corrected chi connectivity index (χ4v) is 2.35. The third-order valence-corrected chi connectivity index (χ3v) is 3.48. The average molecular weight is 312 g/mol. The van der Waals surface area contributed by atoms with Crippen LogP contribution in [-0.4, -0.2) is 42.4 Å². The van der Waals surface area contributed by atoms with Gasteiger partial charge in [-0.25, -0.2) is 0 Å². The number of carboxylic acids is 1. The molecule has 0 aliphatic carbocycles. The molecule has 0 amide bonds. The van der Waals surface area contributed by atoms with Crippen molar-refractivity contribution < 1.29 is 22.9 Å². The highest BCUT2D eigenvalue weighted by Gasteiger charge is 2.16. The van der Waals surface area contributed by atoms with E-state index in [1.807, 2.05) is 13.8 Å². The molecule has 0 fully saturated rings. The predicted octanol–water partition coefficient (Wildman–Crippen LogP) is 0.550. The molecule has 0 bridgehead atoms. The first-order valence-electron chi connectivity index (χ1n) is 6.54. The molecule has 0 radical (unpaired) electrons. The lowest BCUT2D eigenvalue weighted by atomic mass is 9.99. The van der Waals surface area contributed by atoms with Crippen molar-refractivity contribution in [2.45, 2.75) is 40.2 Å². The molecule has 122 valence electrons. The number of carboxylic acid groups (broad SMARTS) is 1. The molecule has 6 N–H and O–H groups in total. The average Bonchev–Trinajstić information content (AvgIpc) is 2.25. The number of hydrogen-bond donors (Lipinski definition) is 4. The van der Waals surface area contributed by atoms with Crippen LogP contribution in [0.4, 0.5) is 0 Å². The molecule has 0 aromatic rings. The molecular formula is C12H28N2O5S. The van der Waals surface area contributed by atoms with Gasteiger partial charge in [0.2, 0.25) is 0 Å². The molecule has 20 heavy (non-hydrogen) atoms. The summed E-state index contributed by atoms with van der Waals surface area (Å²) < 4.78 is 29.5. The van der Waals surface area contributed by atoms with Gasteiger partial charge in [-0.15, -0.1) is 0 Å². The van der Waals surface area contributed by atoms with E-state index in [1.165, 1.54) is 0 Å². The van der Waals surface area contributed by atoms with Gasteiger partial charge in [0.15, 0.2) is 0 Å². The lowest BCUT2D eigenvalue weighted by molar-refractivity contribution is -0.139. The van der Waals surface area contributed by atoms with Crippen molar-refractivity contribution in [1.82, 2.24) is 0 Å². The van der Waals surface area contributed by atoms with Gasteiger partial charge in [0.1, 0.15) is 6.04 Å². The van der Waals surface area contributed by atoms with Crippen molar-refractivity contribution >= 4 is 16.1 Å². The van der Waals surface area contributed by atoms with E-state index >= 15 is 0 Å². The summed E-state index contributed by atoms with van der Waals surface area (Å²) in [5.74, 6) is -0.852. The maximum atomic E-state index is 10.5. The van der Waals surface area contributed by atoms with E-state index in [9.17, 15) is 13.2 Å². The summed E-state index contributed by atoms with van der Waals surface area (Å²) in [5, 5.41) is 8.23. The van der Waals surface area contributed by atoms with Gasteiger partial charge in [0.25, 0.3) is 10.1 Å². The van der Waals surface area contributed by atoms with Crippen LogP contribution in [0.5, 0.6) is 0 Å². The van der Waals surface area contributed by atoms with E-state index < -0.39 is 22.1 Å². The highest BCUT2D eigenvalue weighted by atomic mass is 32.2. The Hall–Kier alpha value is -0.700. The van der Waals surface area contributed by atoms with Gasteiger partial charge in [-0.2, -0.15) is 8.42 Å². The van der Waals surface area contributed by atoms with Crippen molar-refractivity contribution in [2.24, 2.45) is 29.2 Å². The zero-order valence-corrected chi connectivity index (χ0v) is 13.4. The molecule has 0 heterocycles. The molecule has 0 spiro atoms. The minimum Gasteiger partial charge on any atom is -0.480 e. The minimum absolute atomic E-state index is 0.0208. The van der Waals surface area contributed by atoms with E-state index in [2.05, 4.69) is 0 Å². The molecule has 0 rings (SSSR count). The maximum Gasteiger partial charge on any atom is 0.320 e. The lowest BCUT2D eigenvalue weighted by Crippen LogP contribution is -2.34. The predicted molar refractivity (Wildman–Crippen MR) is 78.9 cm³/mol. The molecule has 0 saturated carbocycles. The van der Waals surface area contributed by atoms with Gasteiger partial charge >= 0.3 is 5.97 Å². The van der Waals surface area contributed by atoms with Crippen LogP contribution in [0.25, 0.3) is 0 Å². The van der Waals surface area contributed by atoms with Gasteiger partial charge in [-0.1, -0.05) is 27.7 Å². The molecule has 7 nitrogen and oxygen atoms in total. The third kappa shape index (κ3) is 13.7. The molecule has 0 aliphatic heterocycles. The number of aliphatic carboxylic acids is 1. The quantitative estimate of drug-likeness (QED) is 0.502. The summed E-state index contributed by atoms with van der Waals surface area (Å²) >= 11 is 0. The van der Waals surface area contributed by atoms with E-state index in [0.29, 0.717) is 12.5 Å². The van der Waals surface area contributed by atoms with Crippen LogP contribution < -0.4 is 11.5 Å². The molecule has 8 heteroatoms. The van der Waals surface area contributed by atoms with Gasteiger partial charge in [0.05, 0.1) is 5.75 Å². The molecule has 0 aliphatic rings. The molecule has 0 aromatic heterocycles. The Morgan fingerprint density at radius 3 is 1.80 bits per heavy atom. The molecule has 2 atom stereocenters. The Bertz CT molecular complexity index is 368. The molecule has 0 aromatic carbocycles. The van der Waals surface area contributed by atoms with Crippen LogP contribution in [0, 0.1) is 17.8 Å². The molecule has 0 saturated heterocycles. The fraction of sp³-hybridized carbons (Fsp3) is 0.917. The van der Waals surface area contributed by atoms with Crippen molar-refractivity contribution in [2.75, 3.05) is 12.3 Å². The standard InChI is InChI=1S/C7H17NO3S.C5H11NO2/c1-6(2)3-7(4-8)5-12(9,10)11;1-3(2)4(6)5(7)8/h6-7H,3-5,8H2,1-2H3,(H,9,10,11);3-4H,6H2,1-2H3,(H,7,8). The monoisotopic (exact) mass is 312 g/mol. The highest BCUT2D eigenvalue weighted by molar-refractivity contribution is 7.85. The smallest absolute Gasteiger partial charge is 0.320 e. The molecule has 2 unspecified atom stereocenters. The Morgan fingerprint density at radius 1 is 1.20 bits per heavy atom. The third-order valence-electron chi connectivity index (χ3n) is 2.59. The minimum atomic E-state index is -3.86.